The van der Waals surface area contributed by atoms with Crippen LogP contribution in [0.15, 0.2) is 121 Å². The minimum Gasteiger partial charge on any atom is -0.786 e. The maximum Gasteiger partial charge on any atom is 0.164 e. The second-order valence-corrected chi connectivity index (χ2v) is 10.6. The fourth-order valence-corrected chi connectivity index (χ4v) is 6.79. The zero-order valence-electron chi connectivity index (χ0n) is 20.7. The lowest BCUT2D eigenvalue weighted by Crippen LogP contribution is -2.53. The van der Waals surface area contributed by atoms with Crippen LogP contribution in [0.25, 0.3) is 0 Å². The Bertz CT molecular complexity index is 1150. The van der Waals surface area contributed by atoms with Crippen LogP contribution in [0, 0.1) is 0 Å². The summed E-state index contributed by atoms with van der Waals surface area (Å²) in [6, 6.07) is 39.1. The minimum atomic E-state index is -2.65. The van der Waals surface area contributed by atoms with Crippen molar-refractivity contribution < 1.29 is 23.4 Å². The number of hydrogen-bond donors (Lipinski definition) is 0. The van der Waals surface area contributed by atoms with Gasteiger partial charge in [-0.2, -0.15) is 0 Å². The first kappa shape index (κ1) is 24.4. The molecular weight excluding hydrogens is 483 g/mol. The van der Waals surface area contributed by atoms with Crippen molar-refractivity contribution >= 4 is 8.60 Å². The van der Waals surface area contributed by atoms with E-state index in [1.54, 1.807) is 0 Å². The van der Waals surface area contributed by atoms with Gasteiger partial charge >= 0.3 is 0 Å². The van der Waals surface area contributed by atoms with E-state index in [1.165, 1.54) is 0 Å². The first-order chi connectivity index (χ1) is 18.0. The quantitative estimate of drug-likeness (QED) is 0.313. The van der Waals surface area contributed by atoms with Gasteiger partial charge in [-0.05, 0) is 36.1 Å². The number of fused-ring (bicyclic) bond motifs is 1. The Labute approximate surface area is 218 Å². The highest BCUT2D eigenvalue weighted by Crippen LogP contribution is 2.62. The van der Waals surface area contributed by atoms with E-state index in [4.69, 9.17) is 18.5 Å². The van der Waals surface area contributed by atoms with Crippen LogP contribution in [0.4, 0.5) is 0 Å². The molecule has 2 atom stereocenters. The van der Waals surface area contributed by atoms with Crippen molar-refractivity contribution in [3.63, 3.8) is 0 Å². The third-order valence-electron chi connectivity index (χ3n) is 7.15. The van der Waals surface area contributed by atoms with E-state index in [2.05, 4.69) is 0 Å². The van der Waals surface area contributed by atoms with Gasteiger partial charge in [0.25, 0.3) is 0 Å². The monoisotopic (exact) mass is 511 g/mol. The standard InChI is InChI=1S/C31H28O5P/c1-29(2)33-27-28(34-29)31(25-19-11-5-12-20-25,26-21-13-6-14-22-26)36-37(32)35-30(27,23-15-7-3-8-16-23)24-17-9-4-10-18-24/h3-22,27-28H,1-2H3/q-1. The SMILES string of the molecule is CC1(C)OC2C(O1)C(c1ccccc1)(c1ccccc1)OP([O-])OC2(c1ccccc1)c1ccccc1. The van der Waals surface area contributed by atoms with Crippen LogP contribution in [0.2, 0.25) is 0 Å². The van der Waals surface area contributed by atoms with Gasteiger partial charge in [-0.1, -0.05) is 121 Å². The highest BCUT2D eigenvalue weighted by molar-refractivity contribution is 7.39. The molecule has 2 aliphatic rings. The van der Waals surface area contributed by atoms with Gasteiger partial charge in [-0.25, -0.2) is 0 Å². The summed E-state index contributed by atoms with van der Waals surface area (Å²) in [6.07, 6.45) is -1.43. The first-order valence-corrected chi connectivity index (χ1v) is 13.5. The van der Waals surface area contributed by atoms with Crippen molar-refractivity contribution in [2.75, 3.05) is 0 Å². The summed E-state index contributed by atoms with van der Waals surface area (Å²) in [4.78, 5) is 14.0. The summed E-state index contributed by atoms with van der Waals surface area (Å²) < 4.78 is 26.6. The molecule has 0 N–H and O–H groups in total. The van der Waals surface area contributed by atoms with Crippen molar-refractivity contribution in [2.24, 2.45) is 0 Å². The third kappa shape index (κ3) is 4.04. The normalized spacial score (nSPS) is 25.6. The summed E-state index contributed by atoms with van der Waals surface area (Å²) in [5.41, 5.74) is 0.699. The van der Waals surface area contributed by atoms with E-state index in [1.807, 2.05) is 135 Å². The molecule has 4 aromatic carbocycles. The number of benzene rings is 4. The molecule has 2 fully saturated rings. The summed E-state index contributed by atoms with van der Waals surface area (Å²) in [5.74, 6) is -0.964. The Morgan fingerprint density at radius 3 is 1.05 bits per heavy atom. The maximum atomic E-state index is 14.0. The molecule has 0 aliphatic carbocycles. The van der Waals surface area contributed by atoms with Gasteiger partial charge < -0.3 is 23.4 Å². The molecule has 0 aromatic heterocycles. The average Bonchev–Trinajstić information content (AvgIpc) is 3.23. The van der Waals surface area contributed by atoms with Crippen molar-refractivity contribution in [1.82, 2.24) is 0 Å². The molecule has 6 heteroatoms. The Morgan fingerprint density at radius 1 is 0.514 bits per heavy atom. The van der Waals surface area contributed by atoms with Crippen LogP contribution in [-0.4, -0.2) is 18.0 Å². The summed E-state index contributed by atoms with van der Waals surface area (Å²) in [5, 5.41) is 0. The molecule has 188 valence electrons. The van der Waals surface area contributed by atoms with E-state index in [0.717, 1.165) is 22.3 Å². The van der Waals surface area contributed by atoms with Gasteiger partial charge in [0.2, 0.25) is 0 Å². The Kier molecular flexibility index (Phi) is 6.24. The zero-order valence-corrected chi connectivity index (χ0v) is 21.6. The molecule has 6 rings (SSSR count). The van der Waals surface area contributed by atoms with E-state index in [0.29, 0.717) is 0 Å². The lowest BCUT2D eigenvalue weighted by molar-refractivity contribution is -0.234. The highest BCUT2D eigenvalue weighted by Gasteiger charge is 2.65. The summed E-state index contributed by atoms with van der Waals surface area (Å²) in [6.45, 7) is 3.78. The smallest absolute Gasteiger partial charge is 0.164 e. The molecule has 2 unspecified atom stereocenters. The Morgan fingerprint density at radius 2 is 0.784 bits per heavy atom. The first-order valence-electron chi connectivity index (χ1n) is 12.4. The molecule has 0 spiro atoms. The van der Waals surface area contributed by atoms with Crippen molar-refractivity contribution in [1.29, 1.82) is 0 Å². The molecule has 37 heavy (non-hydrogen) atoms. The molecule has 0 bridgehead atoms. The fourth-order valence-electron chi connectivity index (χ4n) is 5.66. The predicted octanol–water partition coefficient (Wildman–Crippen LogP) is 6.03. The average molecular weight is 512 g/mol. The number of ether oxygens (including phenoxy) is 2. The second-order valence-electron chi connectivity index (χ2n) is 9.82. The van der Waals surface area contributed by atoms with Crippen molar-refractivity contribution in [3.05, 3.63) is 144 Å². The zero-order chi connectivity index (χ0) is 25.5. The van der Waals surface area contributed by atoms with Gasteiger partial charge in [0, 0.05) is 0 Å². The third-order valence-corrected chi connectivity index (χ3v) is 8.02. The van der Waals surface area contributed by atoms with E-state index < -0.39 is 37.8 Å². The van der Waals surface area contributed by atoms with Gasteiger partial charge in [-0.3, -0.25) is 0 Å². The molecule has 2 aliphatic heterocycles. The molecule has 4 aromatic rings. The topological polar surface area (TPSA) is 60.0 Å². The largest absolute Gasteiger partial charge is 0.786 e. The molecule has 2 saturated heterocycles. The van der Waals surface area contributed by atoms with Crippen LogP contribution in [0.3, 0.4) is 0 Å². The lowest BCUT2D eigenvalue weighted by Gasteiger charge is -2.42. The highest BCUT2D eigenvalue weighted by atomic mass is 31.2. The van der Waals surface area contributed by atoms with Gasteiger partial charge in [-0.15, -0.1) is 0 Å². The maximum absolute atomic E-state index is 14.0. The predicted molar refractivity (Wildman–Crippen MR) is 140 cm³/mol. The lowest BCUT2D eigenvalue weighted by atomic mass is 9.72. The van der Waals surface area contributed by atoms with Crippen LogP contribution in [-0.2, 0) is 29.7 Å². The minimum absolute atomic E-state index is 0.714. The van der Waals surface area contributed by atoms with Crippen LogP contribution < -0.4 is 4.89 Å². The molecule has 0 amide bonds. The van der Waals surface area contributed by atoms with Gasteiger partial charge in [0.05, 0.1) is 8.60 Å². The number of rotatable bonds is 4. The summed E-state index contributed by atoms with van der Waals surface area (Å²) in [7, 11) is -2.65. The van der Waals surface area contributed by atoms with Gasteiger partial charge in [0.15, 0.2) is 17.0 Å². The van der Waals surface area contributed by atoms with E-state index >= 15 is 0 Å². The molecule has 0 saturated carbocycles. The van der Waals surface area contributed by atoms with Crippen LogP contribution in [0.5, 0.6) is 0 Å². The molecule has 5 nitrogen and oxygen atoms in total. The van der Waals surface area contributed by atoms with Crippen LogP contribution >= 0.6 is 8.60 Å². The van der Waals surface area contributed by atoms with E-state index in [-0.39, 0.29) is 0 Å². The fraction of sp³-hybridized carbons (Fsp3) is 0.226. The van der Waals surface area contributed by atoms with Crippen molar-refractivity contribution in [2.45, 2.75) is 43.0 Å². The molecular formula is C31H28O5P-. The second kappa shape index (κ2) is 9.45. The van der Waals surface area contributed by atoms with E-state index in [9.17, 15) is 4.89 Å². The number of hydrogen-bond acceptors (Lipinski definition) is 5. The molecule has 2 heterocycles. The Balaban J connectivity index is 1.68. The van der Waals surface area contributed by atoms with Crippen molar-refractivity contribution in [3.8, 4) is 0 Å². The molecule has 0 radical (unpaired) electrons. The summed E-state index contributed by atoms with van der Waals surface area (Å²) >= 11 is 0. The van der Waals surface area contributed by atoms with Crippen LogP contribution in [0.1, 0.15) is 36.1 Å². The Hall–Kier alpha value is -2.89. The van der Waals surface area contributed by atoms with Gasteiger partial charge in [0.1, 0.15) is 12.2 Å².